The van der Waals surface area contributed by atoms with Gasteiger partial charge in [-0.05, 0) is 85.9 Å². The van der Waals surface area contributed by atoms with Gasteiger partial charge in [0, 0.05) is 10.8 Å². The van der Waals surface area contributed by atoms with E-state index < -0.39 is 28.0 Å². The molecular formula is C36H32N3O4PS2. The number of nitrogens with zero attached hydrogens (tertiary/aromatic N) is 3. The lowest BCUT2D eigenvalue weighted by Gasteiger charge is -2.24. The SMILES string of the molecule is Cc1ccc(S(=O)(=O)n2c3ccc4ccccc4c3c3c4ccccc4ccc3n(S(=O)(=O)c3ccc(C)cc3)p2N(C)C)cc1. The number of aryl methyl sites for hydroxylation is 2. The summed E-state index contributed by atoms with van der Waals surface area (Å²) in [7, 11) is -7.46. The highest BCUT2D eigenvalue weighted by Gasteiger charge is 2.31. The van der Waals surface area contributed by atoms with Gasteiger partial charge in [-0.25, -0.2) is 21.5 Å². The van der Waals surface area contributed by atoms with Crippen molar-refractivity contribution in [3.05, 3.63) is 132 Å². The third kappa shape index (κ3) is 4.74. The normalized spacial score (nSPS) is 12.5. The van der Waals surface area contributed by atoms with Gasteiger partial charge in [0.1, 0.15) is 8.00 Å². The van der Waals surface area contributed by atoms with Gasteiger partial charge >= 0.3 is 0 Å². The van der Waals surface area contributed by atoms with Gasteiger partial charge in [0.05, 0.1) is 20.8 Å². The van der Waals surface area contributed by atoms with Crippen LogP contribution in [0.15, 0.2) is 131 Å². The minimum atomic E-state index is -4.32. The Balaban J connectivity index is 1.88. The zero-order valence-corrected chi connectivity index (χ0v) is 28.3. The van der Waals surface area contributed by atoms with E-state index in [0.29, 0.717) is 21.8 Å². The molecule has 1 heterocycles. The summed E-state index contributed by atoms with van der Waals surface area (Å²) in [6, 6.07) is 36.5. The zero-order valence-electron chi connectivity index (χ0n) is 25.8. The Bertz CT molecular complexity index is 2420. The highest BCUT2D eigenvalue weighted by Crippen LogP contribution is 2.45. The molecule has 6 aromatic carbocycles. The molecule has 0 unspecified atom stereocenters. The maximum atomic E-state index is 15.0. The molecule has 0 aliphatic rings. The maximum absolute atomic E-state index is 15.0. The van der Waals surface area contributed by atoms with Crippen molar-refractivity contribution < 1.29 is 16.8 Å². The summed E-state index contributed by atoms with van der Waals surface area (Å²) >= 11 is 0. The lowest BCUT2D eigenvalue weighted by molar-refractivity contribution is 0.591. The van der Waals surface area contributed by atoms with Crippen molar-refractivity contribution in [2.24, 2.45) is 0 Å². The van der Waals surface area contributed by atoms with E-state index in [1.807, 2.05) is 86.6 Å². The molecule has 232 valence electrons. The zero-order chi connectivity index (χ0) is 32.4. The third-order valence-corrected chi connectivity index (χ3v) is 15.3. The van der Waals surface area contributed by atoms with Crippen LogP contribution in [-0.2, 0) is 20.0 Å². The van der Waals surface area contributed by atoms with Gasteiger partial charge in [-0.2, -0.15) is 7.47 Å². The molecule has 0 aliphatic carbocycles. The molecule has 7 rings (SSSR count). The second-order valence-corrected chi connectivity index (χ2v) is 17.9. The number of aromatic nitrogens is 2. The van der Waals surface area contributed by atoms with Crippen molar-refractivity contribution in [1.82, 2.24) is 7.47 Å². The van der Waals surface area contributed by atoms with Crippen LogP contribution in [0.1, 0.15) is 11.1 Å². The van der Waals surface area contributed by atoms with Crippen molar-refractivity contribution in [2.75, 3.05) is 18.8 Å². The van der Waals surface area contributed by atoms with Gasteiger partial charge in [-0.15, -0.1) is 0 Å². The molecule has 1 aromatic heterocycles. The fourth-order valence-electron chi connectivity index (χ4n) is 6.03. The van der Waals surface area contributed by atoms with Crippen LogP contribution in [0.25, 0.3) is 43.4 Å². The second-order valence-electron chi connectivity index (χ2n) is 11.6. The Labute approximate surface area is 269 Å². The first-order valence-corrected chi connectivity index (χ1v) is 18.8. The highest BCUT2D eigenvalue weighted by molar-refractivity contribution is 7.96. The molecule has 0 saturated carbocycles. The first-order valence-electron chi connectivity index (χ1n) is 14.8. The van der Waals surface area contributed by atoms with Crippen LogP contribution < -0.4 is 4.67 Å². The summed E-state index contributed by atoms with van der Waals surface area (Å²) < 4.78 is 64.5. The quantitative estimate of drug-likeness (QED) is 0.185. The molecule has 0 atom stereocenters. The Morgan fingerprint density at radius 1 is 0.500 bits per heavy atom. The predicted octanol–water partition coefficient (Wildman–Crippen LogP) is 8.30. The van der Waals surface area contributed by atoms with Crippen molar-refractivity contribution in [3.63, 3.8) is 0 Å². The molecule has 46 heavy (non-hydrogen) atoms. The second kappa shape index (κ2) is 11.1. The minimum Gasteiger partial charge on any atom is -0.239 e. The molecule has 0 amide bonds. The maximum Gasteiger partial charge on any atom is 0.273 e. The predicted molar refractivity (Wildman–Crippen MR) is 190 cm³/mol. The lowest BCUT2D eigenvalue weighted by atomic mass is 9.98. The van der Waals surface area contributed by atoms with E-state index in [2.05, 4.69) is 0 Å². The summed E-state index contributed by atoms with van der Waals surface area (Å²) in [6.45, 7) is 3.79. The van der Waals surface area contributed by atoms with Crippen LogP contribution in [0.5, 0.6) is 0 Å². The number of fused-ring (bicyclic) bond motifs is 7. The van der Waals surface area contributed by atoms with E-state index in [-0.39, 0.29) is 9.79 Å². The van der Waals surface area contributed by atoms with Crippen molar-refractivity contribution in [3.8, 4) is 0 Å². The molecule has 7 aromatic rings. The lowest BCUT2D eigenvalue weighted by Crippen LogP contribution is -2.24. The molecule has 0 radical (unpaired) electrons. The molecule has 0 bridgehead atoms. The van der Waals surface area contributed by atoms with Crippen LogP contribution in [0.2, 0.25) is 0 Å². The Morgan fingerprint density at radius 3 is 1.24 bits per heavy atom. The largest absolute Gasteiger partial charge is 0.273 e. The summed E-state index contributed by atoms with van der Waals surface area (Å²) in [6.07, 6.45) is 0. The van der Waals surface area contributed by atoms with E-state index >= 15 is 16.8 Å². The fourth-order valence-corrected chi connectivity index (χ4v) is 13.3. The topological polar surface area (TPSA) is 81.4 Å². The highest BCUT2D eigenvalue weighted by atomic mass is 32.2. The van der Waals surface area contributed by atoms with Crippen LogP contribution in [-0.4, -0.2) is 38.4 Å². The van der Waals surface area contributed by atoms with Crippen molar-refractivity contribution in [2.45, 2.75) is 23.6 Å². The number of rotatable bonds is 5. The summed E-state index contributed by atoms with van der Waals surface area (Å²) in [5, 5.41) is 4.80. The monoisotopic (exact) mass is 665 g/mol. The molecule has 0 saturated heterocycles. The molecule has 0 spiro atoms. The van der Waals surface area contributed by atoms with Gasteiger partial charge in [-0.3, -0.25) is 0 Å². The Hall–Kier alpha value is -4.40. The standard InChI is InChI=1S/C36H32N3O4PS2/c1-25-13-19-29(20-14-25)45(40,41)38-33-23-17-27-9-5-7-11-31(27)35(33)36-32-12-8-6-10-28(32)18-24-34(36)39(44(38)37(3)4)46(42,43)30-21-15-26(2)16-22-30/h5-24H,1-4H3. The van der Waals surface area contributed by atoms with Gasteiger partial charge in [0.2, 0.25) is 0 Å². The van der Waals surface area contributed by atoms with Gasteiger partial charge in [-0.1, -0.05) is 96.1 Å². The summed E-state index contributed by atoms with van der Waals surface area (Å²) in [5.74, 6) is 0. The van der Waals surface area contributed by atoms with E-state index in [1.54, 1.807) is 67.3 Å². The number of hydrogen-bond acceptors (Lipinski definition) is 5. The first kappa shape index (κ1) is 30.3. The smallest absolute Gasteiger partial charge is 0.239 e. The number of benzene rings is 6. The van der Waals surface area contributed by atoms with E-state index in [9.17, 15) is 0 Å². The molecule has 7 nitrogen and oxygen atoms in total. The van der Waals surface area contributed by atoms with Crippen molar-refractivity contribution >= 4 is 71.4 Å². The van der Waals surface area contributed by atoms with E-state index in [1.165, 1.54) is 7.47 Å². The molecule has 10 heteroatoms. The molecular weight excluding hydrogens is 634 g/mol. The fraction of sp³-hybridized carbons (Fsp3) is 0.111. The van der Waals surface area contributed by atoms with Gasteiger partial charge in [0.15, 0.2) is 0 Å². The Kier molecular flexibility index (Phi) is 7.33. The third-order valence-electron chi connectivity index (χ3n) is 8.25. The number of hydrogen-bond donors (Lipinski definition) is 0. The molecule has 0 N–H and O–H groups in total. The molecule has 0 aliphatic heterocycles. The van der Waals surface area contributed by atoms with Gasteiger partial charge < -0.3 is 0 Å². The van der Waals surface area contributed by atoms with Crippen LogP contribution >= 0.6 is 8.00 Å². The van der Waals surface area contributed by atoms with Crippen LogP contribution in [0.3, 0.4) is 0 Å². The van der Waals surface area contributed by atoms with Crippen LogP contribution in [0.4, 0.5) is 0 Å². The van der Waals surface area contributed by atoms with Gasteiger partial charge in [0.25, 0.3) is 20.0 Å². The summed E-state index contributed by atoms with van der Waals surface area (Å²) in [5.41, 5.74) is 2.66. The van der Waals surface area contributed by atoms with Crippen molar-refractivity contribution in [1.29, 1.82) is 0 Å². The summed E-state index contributed by atoms with van der Waals surface area (Å²) in [4.78, 5) is 0.158. The van der Waals surface area contributed by atoms with E-state index in [4.69, 9.17) is 0 Å². The first-order chi connectivity index (χ1) is 22.0. The van der Waals surface area contributed by atoms with Crippen LogP contribution in [0, 0.1) is 13.8 Å². The average molecular weight is 666 g/mol. The minimum absolute atomic E-state index is 0.0788. The van der Waals surface area contributed by atoms with E-state index in [0.717, 1.165) is 32.7 Å². The average Bonchev–Trinajstić information content (AvgIpc) is 3.19. The Morgan fingerprint density at radius 2 is 0.870 bits per heavy atom. The molecule has 0 fully saturated rings.